The Morgan fingerprint density at radius 1 is 0.968 bits per heavy atom. The molecule has 1 atom stereocenters. The van der Waals surface area contributed by atoms with E-state index in [-0.39, 0.29) is 18.3 Å². The Morgan fingerprint density at radius 2 is 1.65 bits per heavy atom. The number of hydrogen-bond acceptors (Lipinski definition) is 6. The standard InChI is InChI=1S/C24H29NO6/c1-28-20-8-6-5-7-16(20)9-10-23(26)25-12-11-17-13-21(29-2)22(30-3)14-18(17)19(25)15-24(27)31-4/h5-8,13-14,19H,9-12,15H2,1-4H3. The molecule has 31 heavy (non-hydrogen) atoms. The highest BCUT2D eigenvalue weighted by Crippen LogP contribution is 2.40. The van der Waals surface area contributed by atoms with Crippen LogP contribution >= 0.6 is 0 Å². The fraction of sp³-hybridized carbons (Fsp3) is 0.417. The van der Waals surface area contributed by atoms with E-state index in [4.69, 9.17) is 18.9 Å². The minimum atomic E-state index is -0.416. The molecule has 0 aromatic heterocycles. The number of carbonyl (C=O) groups is 2. The largest absolute Gasteiger partial charge is 0.496 e. The van der Waals surface area contributed by atoms with Crippen molar-refractivity contribution >= 4 is 11.9 Å². The maximum Gasteiger partial charge on any atom is 0.307 e. The maximum absolute atomic E-state index is 13.2. The zero-order chi connectivity index (χ0) is 22.4. The molecular formula is C24H29NO6. The van der Waals surface area contributed by atoms with E-state index in [9.17, 15) is 9.59 Å². The smallest absolute Gasteiger partial charge is 0.307 e. The molecule has 2 aromatic carbocycles. The van der Waals surface area contributed by atoms with Crippen LogP contribution in [-0.4, -0.2) is 51.8 Å². The first-order valence-electron chi connectivity index (χ1n) is 10.2. The summed E-state index contributed by atoms with van der Waals surface area (Å²) in [6.07, 6.45) is 1.64. The number of rotatable bonds is 8. The molecule has 1 unspecified atom stereocenters. The summed E-state index contributed by atoms with van der Waals surface area (Å²) in [4.78, 5) is 27.2. The lowest BCUT2D eigenvalue weighted by atomic mass is 9.89. The zero-order valence-corrected chi connectivity index (χ0v) is 18.5. The maximum atomic E-state index is 13.2. The van der Waals surface area contributed by atoms with Crippen LogP contribution in [0.5, 0.6) is 17.2 Å². The van der Waals surface area contributed by atoms with Crippen LogP contribution < -0.4 is 14.2 Å². The Kier molecular flexibility index (Phi) is 7.39. The highest BCUT2D eigenvalue weighted by Gasteiger charge is 2.33. The molecule has 0 bridgehead atoms. The van der Waals surface area contributed by atoms with Gasteiger partial charge in [-0.25, -0.2) is 0 Å². The number of methoxy groups -OCH3 is 4. The Bertz CT molecular complexity index is 942. The highest BCUT2D eigenvalue weighted by molar-refractivity contribution is 5.79. The highest BCUT2D eigenvalue weighted by atomic mass is 16.5. The van der Waals surface area contributed by atoms with Crippen molar-refractivity contribution in [3.63, 3.8) is 0 Å². The van der Waals surface area contributed by atoms with Gasteiger partial charge in [0.1, 0.15) is 5.75 Å². The summed E-state index contributed by atoms with van der Waals surface area (Å²) in [7, 11) is 6.13. The first-order chi connectivity index (χ1) is 15.0. The average Bonchev–Trinajstić information content (AvgIpc) is 2.81. The molecular weight excluding hydrogens is 398 g/mol. The van der Waals surface area contributed by atoms with Crippen LogP contribution in [0, 0.1) is 0 Å². The summed E-state index contributed by atoms with van der Waals surface area (Å²) in [5, 5.41) is 0. The van der Waals surface area contributed by atoms with Gasteiger partial charge in [0.25, 0.3) is 0 Å². The van der Waals surface area contributed by atoms with Crippen LogP contribution in [0.1, 0.15) is 35.6 Å². The van der Waals surface area contributed by atoms with Gasteiger partial charge in [-0.3, -0.25) is 9.59 Å². The van der Waals surface area contributed by atoms with Crippen LogP contribution in [0.15, 0.2) is 36.4 Å². The van der Waals surface area contributed by atoms with E-state index in [0.717, 1.165) is 22.4 Å². The number of esters is 1. The first kappa shape index (κ1) is 22.5. The number of fused-ring (bicyclic) bond motifs is 1. The van der Waals surface area contributed by atoms with Gasteiger partial charge in [0.15, 0.2) is 11.5 Å². The van der Waals surface area contributed by atoms with Gasteiger partial charge in [-0.05, 0) is 47.7 Å². The van der Waals surface area contributed by atoms with Crippen molar-refractivity contribution in [3.05, 3.63) is 53.1 Å². The van der Waals surface area contributed by atoms with E-state index in [1.54, 1.807) is 26.2 Å². The Morgan fingerprint density at radius 3 is 2.32 bits per heavy atom. The number of ether oxygens (including phenoxy) is 4. The summed E-state index contributed by atoms with van der Waals surface area (Å²) in [6, 6.07) is 11.0. The fourth-order valence-electron chi connectivity index (χ4n) is 4.08. The van der Waals surface area contributed by atoms with Crippen molar-refractivity contribution in [2.24, 2.45) is 0 Å². The summed E-state index contributed by atoms with van der Waals surface area (Å²) in [6.45, 7) is 0.523. The number of nitrogens with zero attached hydrogens (tertiary/aromatic N) is 1. The van der Waals surface area contributed by atoms with E-state index in [1.165, 1.54) is 7.11 Å². The van der Waals surface area contributed by atoms with E-state index < -0.39 is 6.04 Å². The summed E-state index contributed by atoms with van der Waals surface area (Å²) < 4.78 is 21.2. The third kappa shape index (κ3) is 4.93. The van der Waals surface area contributed by atoms with Crippen molar-refractivity contribution < 1.29 is 28.5 Å². The van der Waals surface area contributed by atoms with Gasteiger partial charge in [-0.15, -0.1) is 0 Å². The predicted molar refractivity (Wildman–Crippen MR) is 116 cm³/mol. The molecule has 7 nitrogen and oxygen atoms in total. The van der Waals surface area contributed by atoms with Gasteiger partial charge in [0.2, 0.25) is 5.91 Å². The Labute approximate surface area is 182 Å². The first-order valence-corrected chi connectivity index (χ1v) is 10.2. The van der Waals surface area contributed by atoms with Gasteiger partial charge in [0, 0.05) is 13.0 Å². The van der Waals surface area contributed by atoms with E-state index in [0.29, 0.717) is 37.3 Å². The minimum Gasteiger partial charge on any atom is -0.496 e. The van der Waals surface area contributed by atoms with Crippen LogP contribution in [0.2, 0.25) is 0 Å². The van der Waals surface area contributed by atoms with Gasteiger partial charge < -0.3 is 23.8 Å². The second kappa shape index (κ2) is 10.2. The molecule has 1 aliphatic rings. The second-order valence-electron chi connectivity index (χ2n) is 7.35. The SMILES string of the molecule is COC(=O)CC1c2cc(OC)c(OC)cc2CCN1C(=O)CCc1ccccc1OC. The quantitative estimate of drug-likeness (QED) is 0.602. The predicted octanol–water partition coefficient (Wildman–Crippen LogP) is 3.33. The van der Waals surface area contributed by atoms with Crippen molar-refractivity contribution in [2.75, 3.05) is 35.0 Å². The molecule has 1 heterocycles. The lowest BCUT2D eigenvalue weighted by Crippen LogP contribution is -2.41. The molecule has 0 radical (unpaired) electrons. The molecule has 0 saturated carbocycles. The summed E-state index contributed by atoms with van der Waals surface area (Å²) in [5.41, 5.74) is 2.91. The third-order valence-corrected chi connectivity index (χ3v) is 5.71. The summed E-state index contributed by atoms with van der Waals surface area (Å²) in [5.74, 6) is 1.59. The number of carbonyl (C=O) groups excluding carboxylic acids is 2. The number of para-hydroxylation sites is 1. The van der Waals surface area contributed by atoms with E-state index in [2.05, 4.69) is 0 Å². The molecule has 2 aromatic rings. The zero-order valence-electron chi connectivity index (χ0n) is 18.5. The van der Waals surface area contributed by atoms with Crippen molar-refractivity contribution in [3.8, 4) is 17.2 Å². The molecule has 0 spiro atoms. The van der Waals surface area contributed by atoms with E-state index in [1.807, 2.05) is 36.4 Å². The van der Waals surface area contributed by atoms with Gasteiger partial charge in [0.05, 0.1) is 40.9 Å². The van der Waals surface area contributed by atoms with Crippen LogP contribution in [0.25, 0.3) is 0 Å². The molecule has 0 saturated heterocycles. The molecule has 7 heteroatoms. The average molecular weight is 427 g/mol. The third-order valence-electron chi connectivity index (χ3n) is 5.71. The lowest BCUT2D eigenvalue weighted by Gasteiger charge is -2.37. The number of hydrogen-bond donors (Lipinski definition) is 0. The Balaban J connectivity index is 1.86. The van der Waals surface area contributed by atoms with Crippen molar-refractivity contribution in [2.45, 2.75) is 31.7 Å². The van der Waals surface area contributed by atoms with Gasteiger partial charge in [-0.2, -0.15) is 0 Å². The number of benzene rings is 2. The second-order valence-corrected chi connectivity index (χ2v) is 7.35. The Hall–Kier alpha value is -3.22. The lowest BCUT2D eigenvalue weighted by molar-refractivity contribution is -0.144. The normalized spacial score (nSPS) is 15.1. The molecule has 0 aliphatic carbocycles. The molecule has 166 valence electrons. The van der Waals surface area contributed by atoms with Crippen LogP contribution in [-0.2, 0) is 27.2 Å². The molecule has 3 rings (SSSR count). The molecule has 1 aliphatic heterocycles. The summed E-state index contributed by atoms with van der Waals surface area (Å²) >= 11 is 0. The van der Waals surface area contributed by atoms with Crippen molar-refractivity contribution in [1.82, 2.24) is 4.90 Å². The van der Waals surface area contributed by atoms with Gasteiger partial charge >= 0.3 is 5.97 Å². The van der Waals surface area contributed by atoms with Crippen LogP contribution in [0.4, 0.5) is 0 Å². The van der Waals surface area contributed by atoms with Gasteiger partial charge in [-0.1, -0.05) is 18.2 Å². The number of amides is 1. The molecule has 0 N–H and O–H groups in total. The van der Waals surface area contributed by atoms with Crippen molar-refractivity contribution in [1.29, 1.82) is 0 Å². The number of aryl methyl sites for hydroxylation is 1. The fourth-order valence-corrected chi connectivity index (χ4v) is 4.08. The molecule has 1 amide bonds. The monoisotopic (exact) mass is 427 g/mol. The topological polar surface area (TPSA) is 74.3 Å². The van der Waals surface area contributed by atoms with E-state index >= 15 is 0 Å². The molecule has 0 fully saturated rings. The van der Waals surface area contributed by atoms with Crippen LogP contribution in [0.3, 0.4) is 0 Å². The minimum absolute atomic E-state index is 0.0137.